The van der Waals surface area contributed by atoms with Crippen molar-refractivity contribution in [3.8, 4) is 5.75 Å². The molecule has 0 saturated heterocycles. The van der Waals surface area contributed by atoms with Gasteiger partial charge in [0.2, 0.25) is 0 Å². The van der Waals surface area contributed by atoms with Gasteiger partial charge in [0.15, 0.2) is 6.10 Å². The van der Waals surface area contributed by atoms with Gasteiger partial charge in [-0.25, -0.2) is 4.79 Å². The van der Waals surface area contributed by atoms with E-state index in [-0.39, 0.29) is 0 Å². The summed E-state index contributed by atoms with van der Waals surface area (Å²) >= 11 is 3.31. The van der Waals surface area contributed by atoms with Crippen LogP contribution in [0, 0.1) is 5.41 Å². The second-order valence-electron chi connectivity index (χ2n) is 5.86. The van der Waals surface area contributed by atoms with E-state index in [4.69, 9.17) is 4.74 Å². The molecule has 0 spiro atoms. The normalized spacial score (nSPS) is 14.1. The number of rotatable bonds is 5. The zero-order valence-electron chi connectivity index (χ0n) is 12.5. The summed E-state index contributed by atoms with van der Waals surface area (Å²) in [5.74, 6) is -0.976. The first kappa shape index (κ1) is 17.5. The largest absolute Gasteiger partial charge is 0.481 e. The molecular formula is C15H20BrNO4. The van der Waals surface area contributed by atoms with E-state index in [1.165, 1.54) is 0 Å². The van der Waals surface area contributed by atoms with E-state index >= 15 is 0 Å². The fraction of sp³-hybridized carbons (Fsp3) is 0.467. The van der Waals surface area contributed by atoms with E-state index in [1.807, 2.05) is 0 Å². The van der Waals surface area contributed by atoms with Crippen LogP contribution in [0.5, 0.6) is 5.75 Å². The lowest BCUT2D eigenvalue weighted by Gasteiger charge is -2.28. The average molecular weight is 358 g/mol. The van der Waals surface area contributed by atoms with Gasteiger partial charge >= 0.3 is 5.97 Å². The molecule has 6 heteroatoms. The molecule has 0 aliphatic carbocycles. The summed E-state index contributed by atoms with van der Waals surface area (Å²) in [5, 5.41) is 11.7. The maximum atomic E-state index is 12.1. The Morgan fingerprint density at radius 2 is 1.76 bits per heavy atom. The quantitative estimate of drug-likeness (QED) is 0.849. The molecule has 0 aromatic heterocycles. The number of carboxylic acids is 1. The molecule has 1 aromatic carbocycles. The van der Waals surface area contributed by atoms with Crippen LogP contribution in [0.4, 0.5) is 0 Å². The Bertz CT molecular complexity index is 507. The van der Waals surface area contributed by atoms with Crippen LogP contribution < -0.4 is 10.1 Å². The summed E-state index contributed by atoms with van der Waals surface area (Å²) in [7, 11) is 0. The number of carbonyl (C=O) groups is 2. The second-order valence-corrected chi connectivity index (χ2v) is 6.78. The van der Waals surface area contributed by atoms with Crippen molar-refractivity contribution < 1.29 is 19.4 Å². The van der Waals surface area contributed by atoms with Crippen LogP contribution in [0.2, 0.25) is 0 Å². The van der Waals surface area contributed by atoms with Crippen LogP contribution >= 0.6 is 15.9 Å². The number of carboxylic acid groups (broad SMARTS) is 1. The molecule has 2 atom stereocenters. The molecule has 0 fully saturated rings. The Kier molecular flexibility index (Phi) is 5.78. The standard InChI is InChI=1S/C15H20BrNO4/c1-9(21-11-7-5-10(16)6-8-11)13(18)17-12(14(19)20)15(2,3)4/h5-9,12H,1-4H3,(H,17,18)(H,19,20)/t9?,12-/m0/s1. The Hall–Kier alpha value is -1.56. The molecule has 1 aromatic rings. The van der Waals surface area contributed by atoms with Gasteiger partial charge in [-0.3, -0.25) is 4.79 Å². The van der Waals surface area contributed by atoms with Gasteiger partial charge in [0, 0.05) is 4.47 Å². The Balaban J connectivity index is 2.69. The smallest absolute Gasteiger partial charge is 0.326 e. The first-order valence-electron chi connectivity index (χ1n) is 6.56. The predicted octanol–water partition coefficient (Wildman–Crippen LogP) is 2.83. The van der Waals surface area contributed by atoms with E-state index < -0.39 is 29.4 Å². The van der Waals surface area contributed by atoms with E-state index in [0.717, 1.165) is 4.47 Å². The van der Waals surface area contributed by atoms with Crippen molar-refractivity contribution in [2.45, 2.75) is 39.8 Å². The third-order valence-corrected chi connectivity index (χ3v) is 3.42. The highest BCUT2D eigenvalue weighted by atomic mass is 79.9. The van der Waals surface area contributed by atoms with E-state index in [0.29, 0.717) is 5.75 Å². The molecule has 0 aliphatic rings. The summed E-state index contributed by atoms with van der Waals surface area (Å²) in [6, 6.07) is 6.09. The molecule has 0 bridgehead atoms. The van der Waals surface area contributed by atoms with Gasteiger partial charge in [0.05, 0.1) is 0 Å². The van der Waals surface area contributed by atoms with Gasteiger partial charge in [-0.2, -0.15) is 0 Å². The van der Waals surface area contributed by atoms with Crippen molar-refractivity contribution in [1.82, 2.24) is 5.32 Å². The van der Waals surface area contributed by atoms with E-state index in [9.17, 15) is 14.7 Å². The molecule has 1 amide bonds. The summed E-state index contributed by atoms with van der Waals surface area (Å²) in [4.78, 5) is 23.3. The predicted molar refractivity (Wildman–Crippen MR) is 83.3 cm³/mol. The molecule has 2 N–H and O–H groups in total. The summed E-state index contributed by atoms with van der Waals surface area (Å²) < 4.78 is 6.41. The van der Waals surface area contributed by atoms with Crippen LogP contribution in [0.25, 0.3) is 0 Å². The fourth-order valence-electron chi connectivity index (χ4n) is 1.68. The maximum Gasteiger partial charge on any atom is 0.326 e. The van der Waals surface area contributed by atoms with Gasteiger partial charge in [0.1, 0.15) is 11.8 Å². The fourth-order valence-corrected chi connectivity index (χ4v) is 1.94. The van der Waals surface area contributed by atoms with Crippen LogP contribution in [-0.2, 0) is 9.59 Å². The van der Waals surface area contributed by atoms with Gasteiger partial charge < -0.3 is 15.2 Å². The third kappa shape index (κ3) is 5.38. The van der Waals surface area contributed by atoms with Crippen molar-refractivity contribution in [2.24, 2.45) is 5.41 Å². The highest BCUT2D eigenvalue weighted by molar-refractivity contribution is 9.10. The molecule has 0 heterocycles. The number of benzene rings is 1. The Morgan fingerprint density at radius 3 is 2.19 bits per heavy atom. The lowest BCUT2D eigenvalue weighted by molar-refractivity contribution is -0.146. The number of aliphatic carboxylic acids is 1. The van der Waals surface area contributed by atoms with E-state index in [1.54, 1.807) is 52.0 Å². The monoisotopic (exact) mass is 357 g/mol. The average Bonchev–Trinajstić information content (AvgIpc) is 2.36. The highest BCUT2D eigenvalue weighted by Crippen LogP contribution is 2.20. The van der Waals surface area contributed by atoms with Crippen LogP contribution in [0.1, 0.15) is 27.7 Å². The molecule has 1 rings (SSSR count). The Morgan fingerprint density at radius 1 is 1.24 bits per heavy atom. The maximum absolute atomic E-state index is 12.1. The zero-order valence-corrected chi connectivity index (χ0v) is 14.1. The van der Waals surface area contributed by atoms with Crippen LogP contribution in [0.15, 0.2) is 28.7 Å². The third-order valence-electron chi connectivity index (χ3n) is 2.90. The van der Waals surface area contributed by atoms with Crippen molar-refractivity contribution in [3.05, 3.63) is 28.7 Å². The lowest BCUT2D eigenvalue weighted by Crippen LogP contribution is -2.52. The number of hydrogen-bond acceptors (Lipinski definition) is 3. The molecule has 0 aliphatic heterocycles. The number of nitrogens with one attached hydrogen (secondary N) is 1. The number of ether oxygens (including phenoxy) is 1. The lowest BCUT2D eigenvalue weighted by atomic mass is 9.86. The first-order valence-corrected chi connectivity index (χ1v) is 7.36. The minimum Gasteiger partial charge on any atom is -0.481 e. The summed E-state index contributed by atoms with van der Waals surface area (Å²) in [5.41, 5.74) is -0.584. The van der Waals surface area contributed by atoms with Gasteiger partial charge in [-0.15, -0.1) is 0 Å². The SMILES string of the molecule is CC(Oc1ccc(Br)cc1)C(=O)N[C@@H](C(=O)O)C(C)(C)C. The molecule has 21 heavy (non-hydrogen) atoms. The van der Waals surface area contributed by atoms with Gasteiger partial charge in [0.25, 0.3) is 5.91 Å². The minimum atomic E-state index is -1.06. The van der Waals surface area contributed by atoms with Crippen molar-refractivity contribution in [1.29, 1.82) is 0 Å². The highest BCUT2D eigenvalue weighted by Gasteiger charge is 2.33. The van der Waals surface area contributed by atoms with Crippen molar-refractivity contribution in [3.63, 3.8) is 0 Å². The minimum absolute atomic E-state index is 0.458. The second kappa shape index (κ2) is 6.93. The number of hydrogen-bond donors (Lipinski definition) is 2. The molecule has 0 saturated carbocycles. The molecular weight excluding hydrogens is 338 g/mol. The number of carbonyl (C=O) groups excluding carboxylic acids is 1. The van der Waals surface area contributed by atoms with E-state index in [2.05, 4.69) is 21.2 Å². The topological polar surface area (TPSA) is 75.6 Å². The summed E-state index contributed by atoms with van der Waals surface area (Å²) in [6.45, 7) is 6.85. The van der Waals surface area contributed by atoms with Crippen molar-refractivity contribution in [2.75, 3.05) is 0 Å². The number of amides is 1. The first-order chi connectivity index (χ1) is 9.61. The van der Waals surface area contributed by atoms with Crippen LogP contribution in [-0.4, -0.2) is 29.1 Å². The molecule has 1 unspecified atom stereocenters. The number of halogens is 1. The van der Waals surface area contributed by atoms with Gasteiger partial charge in [-0.05, 0) is 36.6 Å². The molecule has 5 nitrogen and oxygen atoms in total. The van der Waals surface area contributed by atoms with Gasteiger partial charge in [-0.1, -0.05) is 36.7 Å². The Labute approximate surface area is 132 Å². The zero-order chi connectivity index (χ0) is 16.2. The van der Waals surface area contributed by atoms with Crippen LogP contribution in [0.3, 0.4) is 0 Å². The van der Waals surface area contributed by atoms with Crippen molar-refractivity contribution >= 4 is 27.8 Å². The molecule has 0 radical (unpaired) electrons. The molecule has 116 valence electrons. The summed E-state index contributed by atoms with van der Waals surface area (Å²) in [6.07, 6.45) is -0.782.